The summed E-state index contributed by atoms with van der Waals surface area (Å²) in [6, 6.07) is 9.39. The SMILES string of the molecule is CCCCS(=O)(=O)Nc1ccc(Nc2ccc(Br)c(C)c2)cn1. The Morgan fingerprint density at radius 3 is 2.52 bits per heavy atom. The fraction of sp³-hybridized carbons (Fsp3) is 0.312. The molecule has 2 N–H and O–H groups in total. The van der Waals surface area contributed by atoms with Gasteiger partial charge in [0.15, 0.2) is 0 Å². The van der Waals surface area contributed by atoms with Gasteiger partial charge in [0.05, 0.1) is 17.6 Å². The van der Waals surface area contributed by atoms with E-state index in [0.717, 1.165) is 27.8 Å². The van der Waals surface area contributed by atoms with Crippen molar-refractivity contribution in [1.82, 2.24) is 4.98 Å². The molecule has 23 heavy (non-hydrogen) atoms. The average molecular weight is 398 g/mol. The Bertz CT molecular complexity index is 761. The van der Waals surface area contributed by atoms with E-state index in [9.17, 15) is 8.42 Å². The van der Waals surface area contributed by atoms with Crippen molar-refractivity contribution < 1.29 is 8.42 Å². The lowest BCUT2D eigenvalue weighted by atomic mass is 10.2. The summed E-state index contributed by atoms with van der Waals surface area (Å²) in [5, 5.41) is 3.24. The molecule has 0 aliphatic carbocycles. The molecule has 0 unspecified atom stereocenters. The van der Waals surface area contributed by atoms with E-state index in [-0.39, 0.29) is 5.75 Å². The van der Waals surface area contributed by atoms with Crippen molar-refractivity contribution in [3.63, 3.8) is 0 Å². The molecule has 0 bridgehead atoms. The van der Waals surface area contributed by atoms with Crippen molar-refractivity contribution in [2.45, 2.75) is 26.7 Å². The maximum Gasteiger partial charge on any atom is 0.233 e. The number of halogens is 1. The number of rotatable bonds is 7. The van der Waals surface area contributed by atoms with E-state index in [1.165, 1.54) is 0 Å². The normalized spacial score (nSPS) is 11.3. The molecule has 0 radical (unpaired) electrons. The molecule has 0 spiro atoms. The first-order chi connectivity index (χ1) is 10.9. The van der Waals surface area contributed by atoms with E-state index in [0.29, 0.717) is 12.2 Å². The van der Waals surface area contributed by atoms with Crippen molar-refractivity contribution in [1.29, 1.82) is 0 Å². The predicted molar refractivity (Wildman–Crippen MR) is 98.7 cm³/mol. The minimum Gasteiger partial charge on any atom is -0.354 e. The van der Waals surface area contributed by atoms with Gasteiger partial charge in [-0.2, -0.15) is 0 Å². The van der Waals surface area contributed by atoms with Crippen molar-refractivity contribution >= 4 is 43.1 Å². The first kappa shape index (κ1) is 17.7. The third-order valence-electron chi connectivity index (χ3n) is 3.24. The highest BCUT2D eigenvalue weighted by Gasteiger charge is 2.10. The van der Waals surface area contributed by atoms with E-state index in [4.69, 9.17) is 0 Å². The number of aryl methyl sites for hydroxylation is 1. The molecule has 1 aromatic carbocycles. The average Bonchev–Trinajstić information content (AvgIpc) is 2.51. The van der Waals surface area contributed by atoms with E-state index in [1.54, 1.807) is 18.3 Å². The molecular weight excluding hydrogens is 378 g/mol. The Balaban J connectivity index is 2.03. The second-order valence-corrected chi connectivity index (χ2v) is 7.99. The highest BCUT2D eigenvalue weighted by molar-refractivity contribution is 9.10. The van der Waals surface area contributed by atoms with Crippen LogP contribution in [0.15, 0.2) is 41.0 Å². The second kappa shape index (κ2) is 7.79. The number of pyridine rings is 1. The van der Waals surface area contributed by atoms with Gasteiger partial charge in [-0.1, -0.05) is 29.3 Å². The number of anilines is 3. The van der Waals surface area contributed by atoms with Crippen LogP contribution < -0.4 is 10.0 Å². The zero-order valence-electron chi connectivity index (χ0n) is 13.1. The van der Waals surface area contributed by atoms with Crippen LogP contribution in [0.3, 0.4) is 0 Å². The standard InChI is InChI=1S/C16H20BrN3O2S/c1-3-4-9-23(21,22)20-16-8-6-14(11-18-16)19-13-5-7-15(17)12(2)10-13/h5-8,10-11,19H,3-4,9H2,1-2H3,(H,18,20). The number of unbranched alkanes of at least 4 members (excludes halogenated alkanes) is 1. The van der Waals surface area contributed by atoms with Crippen LogP contribution in [-0.4, -0.2) is 19.2 Å². The Labute approximate surface area is 145 Å². The van der Waals surface area contributed by atoms with Gasteiger partial charge in [0.1, 0.15) is 5.82 Å². The van der Waals surface area contributed by atoms with Gasteiger partial charge in [0.2, 0.25) is 10.0 Å². The maximum atomic E-state index is 11.8. The predicted octanol–water partition coefficient (Wildman–Crippen LogP) is 4.44. The maximum absolute atomic E-state index is 11.8. The van der Waals surface area contributed by atoms with Crippen molar-refractivity contribution in [3.05, 3.63) is 46.6 Å². The number of aromatic nitrogens is 1. The van der Waals surface area contributed by atoms with Gasteiger partial charge in [0, 0.05) is 10.2 Å². The highest BCUT2D eigenvalue weighted by atomic mass is 79.9. The second-order valence-electron chi connectivity index (χ2n) is 5.30. The van der Waals surface area contributed by atoms with Gasteiger partial charge in [-0.3, -0.25) is 4.72 Å². The summed E-state index contributed by atoms with van der Waals surface area (Å²) in [6.45, 7) is 3.97. The summed E-state index contributed by atoms with van der Waals surface area (Å²) in [6.07, 6.45) is 3.08. The van der Waals surface area contributed by atoms with Crippen LogP contribution in [0.1, 0.15) is 25.3 Å². The Morgan fingerprint density at radius 1 is 1.17 bits per heavy atom. The van der Waals surface area contributed by atoms with E-state index in [1.807, 2.05) is 32.0 Å². The number of nitrogens with one attached hydrogen (secondary N) is 2. The molecule has 0 saturated heterocycles. The smallest absolute Gasteiger partial charge is 0.233 e. The molecule has 0 amide bonds. The molecule has 5 nitrogen and oxygen atoms in total. The van der Waals surface area contributed by atoms with E-state index >= 15 is 0 Å². The summed E-state index contributed by atoms with van der Waals surface area (Å²) in [5.74, 6) is 0.447. The number of hydrogen-bond acceptors (Lipinski definition) is 4. The van der Waals surface area contributed by atoms with Gasteiger partial charge >= 0.3 is 0 Å². The van der Waals surface area contributed by atoms with Gasteiger partial charge in [-0.15, -0.1) is 0 Å². The monoisotopic (exact) mass is 397 g/mol. The van der Waals surface area contributed by atoms with Crippen molar-refractivity contribution in [2.24, 2.45) is 0 Å². The first-order valence-electron chi connectivity index (χ1n) is 7.39. The molecule has 1 aromatic heterocycles. The fourth-order valence-corrected chi connectivity index (χ4v) is 3.42. The zero-order chi connectivity index (χ0) is 16.9. The minimum atomic E-state index is -3.32. The highest BCUT2D eigenvalue weighted by Crippen LogP contribution is 2.23. The molecule has 1 heterocycles. The molecule has 0 aliphatic heterocycles. The largest absolute Gasteiger partial charge is 0.354 e. The van der Waals surface area contributed by atoms with Crippen LogP contribution in [-0.2, 0) is 10.0 Å². The molecule has 0 atom stereocenters. The first-order valence-corrected chi connectivity index (χ1v) is 9.84. The third kappa shape index (κ3) is 5.51. The van der Waals surface area contributed by atoms with Gasteiger partial charge < -0.3 is 5.32 Å². The van der Waals surface area contributed by atoms with Crippen molar-refractivity contribution in [3.8, 4) is 0 Å². The molecule has 0 aliphatic rings. The summed E-state index contributed by atoms with van der Waals surface area (Å²) >= 11 is 3.46. The topological polar surface area (TPSA) is 71.1 Å². The van der Waals surface area contributed by atoms with Crippen LogP contribution in [0.25, 0.3) is 0 Å². The molecule has 0 saturated carbocycles. The minimum absolute atomic E-state index is 0.114. The Hall–Kier alpha value is -1.60. The van der Waals surface area contributed by atoms with Crippen molar-refractivity contribution in [2.75, 3.05) is 15.8 Å². The van der Waals surface area contributed by atoms with Crippen LogP contribution in [0.2, 0.25) is 0 Å². The Morgan fingerprint density at radius 2 is 1.91 bits per heavy atom. The molecule has 0 fully saturated rings. The summed E-state index contributed by atoms with van der Waals surface area (Å²) in [4.78, 5) is 4.15. The summed E-state index contributed by atoms with van der Waals surface area (Å²) in [7, 11) is -3.32. The molecule has 2 aromatic rings. The Kier molecular flexibility index (Phi) is 6.01. The van der Waals surface area contributed by atoms with Crippen LogP contribution >= 0.6 is 15.9 Å². The van der Waals surface area contributed by atoms with E-state index in [2.05, 4.69) is 31.0 Å². The van der Waals surface area contributed by atoms with E-state index < -0.39 is 10.0 Å². The van der Waals surface area contributed by atoms with Crippen LogP contribution in [0, 0.1) is 6.92 Å². The molecule has 7 heteroatoms. The van der Waals surface area contributed by atoms with Gasteiger partial charge in [-0.05, 0) is 49.2 Å². The number of sulfonamides is 1. The number of hydrogen-bond donors (Lipinski definition) is 2. The fourth-order valence-electron chi connectivity index (χ4n) is 1.96. The number of benzene rings is 1. The van der Waals surface area contributed by atoms with Crippen LogP contribution in [0.4, 0.5) is 17.2 Å². The molecule has 124 valence electrons. The van der Waals surface area contributed by atoms with Gasteiger partial charge in [0.25, 0.3) is 0 Å². The summed E-state index contributed by atoms with van der Waals surface area (Å²) < 4.78 is 27.2. The summed E-state index contributed by atoms with van der Waals surface area (Å²) in [5.41, 5.74) is 2.87. The van der Waals surface area contributed by atoms with Crippen LogP contribution in [0.5, 0.6) is 0 Å². The quantitative estimate of drug-likeness (QED) is 0.724. The lowest BCUT2D eigenvalue weighted by molar-refractivity contribution is 0.597. The molecular formula is C16H20BrN3O2S. The van der Waals surface area contributed by atoms with Gasteiger partial charge in [-0.25, -0.2) is 13.4 Å². The number of nitrogens with zero attached hydrogens (tertiary/aromatic N) is 1. The zero-order valence-corrected chi connectivity index (χ0v) is 15.5. The lowest BCUT2D eigenvalue weighted by Gasteiger charge is -2.10. The third-order valence-corrected chi connectivity index (χ3v) is 5.47. The lowest BCUT2D eigenvalue weighted by Crippen LogP contribution is -2.17. The molecule has 2 rings (SSSR count).